The van der Waals surface area contributed by atoms with Gasteiger partial charge < -0.3 is 10.8 Å². The molecule has 0 saturated heterocycles. The van der Waals surface area contributed by atoms with Crippen molar-refractivity contribution >= 4 is 17.1 Å². The molecule has 0 aromatic heterocycles. The third kappa shape index (κ3) is 3.15. The van der Waals surface area contributed by atoms with Gasteiger partial charge >= 0.3 is 0 Å². The summed E-state index contributed by atoms with van der Waals surface area (Å²) < 4.78 is 0. The Balaban J connectivity index is 2.16. The Morgan fingerprint density at radius 2 is 1.70 bits per heavy atom. The third-order valence-corrected chi connectivity index (χ3v) is 2.63. The van der Waals surface area contributed by atoms with E-state index in [1.54, 1.807) is 12.1 Å². The van der Waals surface area contributed by atoms with Crippen LogP contribution in [0.1, 0.15) is 5.56 Å². The van der Waals surface area contributed by atoms with Crippen molar-refractivity contribution in [3.8, 4) is 5.75 Å². The molecule has 0 aliphatic rings. The van der Waals surface area contributed by atoms with Crippen LogP contribution in [0.4, 0.5) is 17.1 Å². The average Bonchev–Trinajstić information content (AvgIpc) is 2.45. The fraction of sp³-hybridized carbons (Fsp3) is 0.0769. The number of nitro benzene ring substituents is 1. The fourth-order valence-corrected chi connectivity index (χ4v) is 1.54. The van der Waals surface area contributed by atoms with Gasteiger partial charge in [-0.1, -0.05) is 6.07 Å². The first-order valence-corrected chi connectivity index (χ1v) is 5.78. The molecule has 3 N–H and O–H groups in total. The van der Waals surface area contributed by atoms with Crippen LogP contribution in [0.25, 0.3) is 0 Å². The summed E-state index contributed by atoms with van der Waals surface area (Å²) in [7, 11) is 0. The maximum Gasteiger partial charge on any atom is 0.269 e. The van der Waals surface area contributed by atoms with Crippen LogP contribution in [0.3, 0.4) is 0 Å². The van der Waals surface area contributed by atoms with Gasteiger partial charge in [0.25, 0.3) is 5.69 Å². The van der Waals surface area contributed by atoms with Crippen molar-refractivity contribution in [2.45, 2.75) is 6.54 Å². The lowest BCUT2D eigenvalue weighted by Crippen LogP contribution is -1.95. The summed E-state index contributed by atoms with van der Waals surface area (Å²) in [6.45, 7) is 0.242. The Bertz CT molecular complexity index is 653. The normalized spacial score (nSPS) is 10.8. The van der Waals surface area contributed by atoms with Crippen molar-refractivity contribution in [2.24, 2.45) is 16.0 Å². The zero-order chi connectivity index (χ0) is 14.5. The fourth-order valence-electron chi connectivity index (χ4n) is 1.54. The van der Waals surface area contributed by atoms with Crippen LogP contribution in [0.5, 0.6) is 5.75 Å². The minimum absolute atomic E-state index is 0.00565. The summed E-state index contributed by atoms with van der Waals surface area (Å²) >= 11 is 0. The number of azo groups is 1. The molecule has 0 aliphatic carbocycles. The van der Waals surface area contributed by atoms with Crippen LogP contribution in [0.15, 0.2) is 52.7 Å². The van der Waals surface area contributed by atoms with E-state index in [0.29, 0.717) is 16.9 Å². The molecule has 7 heteroatoms. The standard InChI is InChI=1S/C13H12N4O3/c14-8-9-1-2-11(7-13(9)18)16-15-10-3-5-12(6-4-10)17(19)20/h1-7,18H,8,14H2. The minimum atomic E-state index is -0.482. The number of aromatic hydroxyl groups is 1. The number of phenolic OH excluding ortho intramolecular Hbond substituents is 1. The number of nitrogens with two attached hydrogens (primary N) is 1. The Morgan fingerprint density at radius 1 is 1.10 bits per heavy atom. The molecule has 2 aromatic rings. The smallest absolute Gasteiger partial charge is 0.269 e. The predicted octanol–water partition coefficient (Wildman–Crippen LogP) is 3.17. The minimum Gasteiger partial charge on any atom is -0.508 e. The second-order valence-electron chi connectivity index (χ2n) is 3.99. The first-order chi connectivity index (χ1) is 9.60. The van der Waals surface area contributed by atoms with E-state index in [4.69, 9.17) is 5.73 Å². The molecular weight excluding hydrogens is 260 g/mol. The number of nitro groups is 1. The zero-order valence-electron chi connectivity index (χ0n) is 10.4. The highest BCUT2D eigenvalue weighted by Crippen LogP contribution is 2.26. The number of rotatable bonds is 4. The van der Waals surface area contributed by atoms with E-state index in [0.717, 1.165) is 0 Å². The highest BCUT2D eigenvalue weighted by molar-refractivity contribution is 5.48. The third-order valence-electron chi connectivity index (χ3n) is 2.63. The van der Waals surface area contributed by atoms with Crippen LogP contribution in [0, 0.1) is 10.1 Å². The molecule has 0 unspecified atom stereocenters. The van der Waals surface area contributed by atoms with Gasteiger partial charge in [-0.3, -0.25) is 10.1 Å². The SMILES string of the molecule is NCc1ccc(N=Nc2ccc([N+](=O)[O-])cc2)cc1O. The Labute approximate surface area is 114 Å². The first kappa shape index (κ1) is 13.6. The molecule has 0 radical (unpaired) electrons. The number of hydrogen-bond acceptors (Lipinski definition) is 6. The van der Waals surface area contributed by atoms with Crippen molar-refractivity contribution < 1.29 is 10.0 Å². The van der Waals surface area contributed by atoms with Gasteiger partial charge in [0.05, 0.1) is 16.3 Å². The van der Waals surface area contributed by atoms with Gasteiger partial charge in [-0.05, 0) is 18.2 Å². The molecule has 0 aliphatic heterocycles. The predicted molar refractivity (Wildman–Crippen MR) is 73.3 cm³/mol. The van der Waals surface area contributed by atoms with Crippen LogP contribution in [-0.2, 0) is 6.54 Å². The lowest BCUT2D eigenvalue weighted by atomic mass is 10.2. The Morgan fingerprint density at radius 3 is 2.25 bits per heavy atom. The molecule has 20 heavy (non-hydrogen) atoms. The van der Waals surface area contributed by atoms with E-state index < -0.39 is 4.92 Å². The maximum absolute atomic E-state index is 10.5. The molecule has 0 bridgehead atoms. The van der Waals surface area contributed by atoms with Gasteiger partial charge in [-0.25, -0.2) is 0 Å². The summed E-state index contributed by atoms with van der Waals surface area (Å²) in [6, 6.07) is 10.5. The highest BCUT2D eigenvalue weighted by atomic mass is 16.6. The maximum atomic E-state index is 10.5. The second-order valence-corrected chi connectivity index (χ2v) is 3.99. The summed E-state index contributed by atoms with van der Waals surface area (Å²) in [4.78, 5) is 10.0. The molecule has 102 valence electrons. The number of phenols is 1. The molecule has 0 heterocycles. The lowest BCUT2D eigenvalue weighted by molar-refractivity contribution is -0.384. The summed E-state index contributed by atoms with van der Waals surface area (Å²) in [6.07, 6.45) is 0. The van der Waals surface area contributed by atoms with E-state index in [1.165, 1.54) is 30.3 Å². The molecule has 7 nitrogen and oxygen atoms in total. The topological polar surface area (TPSA) is 114 Å². The van der Waals surface area contributed by atoms with E-state index in [1.807, 2.05) is 0 Å². The molecule has 0 atom stereocenters. The van der Waals surface area contributed by atoms with Crippen molar-refractivity contribution in [2.75, 3.05) is 0 Å². The van der Waals surface area contributed by atoms with Crippen molar-refractivity contribution in [3.05, 3.63) is 58.1 Å². The average molecular weight is 272 g/mol. The summed E-state index contributed by atoms with van der Waals surface area (Å²) in [5.74, 6) is 0.0626. The first-order valence-electron chi connectivity index (χ1n) is 5.78. The van der Waals surface area contributed by atoms with E-state index in [2.05, 4.69) is 10.2 Å². The number of benzene rings is 2. The summed E-state index contributed by atoms with van der Waals surface area (Å²) in [5, 5.41) is 28.0. The Kier molecular flexibility index (Phi) is 4.02. The largest absolute Gasteiger partial charge is 0.508 e. The molecule has 2 rings (SSSR count). The van der Waals surface area contributed by atoms with Gasteiger partial charge in [0.15, 0.2) is 0 Å². The molecular formula is C13H12N4O3. The van der Waals surface area contributed by atoms with Crippen LogP contribution in [0.2, 0.25) is 0 Å². The molecule has 0 spiro atoms. The highest BCUT2D eigenvalue weighted by Gasteiger charge is 2.03. The molecule has 0 saturated carbocycles. The van der Waals surface area contributed by atoms with E-state index >= 15 is 0 Å². The quantitative estimate of drug-likeness (QED) is 0.505. The zero-order valence-corrected chi connectivity index (χ0v) is 10.4. The molecule has 0 fully saturated rings. The number of non-ortho nitro benzene ring substituents is 1. The van der Waals surface area contributed by atoms with Gasteiger partial charge in [0.1, 0.15) is 5.75 Å². The van der Waals surface area contributed by atoms with Gasteiger partial charge in [0.2, 0.25) is 0 Å². The number of nitrogens with zero attached hydrogens (tertiary/aromatic N) is 3. The van der Waals surface area contributed by atoms with E-state index in [-0.39, 0.29) is 18.0 Å². The number of hydrogen-bond donors (Lipinski definition) is 2. The second kappa shape index (κ2) is 5.89. The van der Waals surface area contributed by atoms with Crippen LogP contribution in [-0.4, -0.2) is 10.0 Å². The van der Waals surface area contributed by atoms with Crippen molar-refractivity contribution in [1.29, 1.82) is 0 Å². The van der Waals surface area contributed by atoms with Crippen LogP contribution >= 0.6 is 0 Å². The lowest BCUT2D eigenvalue weighted by Gasteiger charge is -2.01. The monoisotopic (exact) mass is 272 g/mol. The van der Waals surface area contributed by atoms with Gasteiger partial charge in [-0.15, -0.1) is 0 Å². The molecule has 2 aromatic carbocycles. The van der Waals surface area contributed by atoms with E-state index in [9.17, 15) is 15.2 Å². The van der Waals surface area contributed by atoms with Crippen LogP contribution < -0.4 is 5.73 Å². The van der Waals surface area contributed by atoms with Crippen molar-refractivity contribution in [1.82, 2.24) is 0 Å². The van der Waals surface area contributed by atoms with Gasteiger partial charge in [-0.2, -0.15) is 10.2 Å². The summed E-state index contributed by atoms with van der Waals surface area (Å²) in [5.41, 5.74) is 7.01. The van der Waals surface area contributed by atoms with Crippen molar-refractivity contribution in [3.63, 3.8) is 0 Å². The Hall–Kier alpha value is -2.80. The molecule has 0 amide bonds. The van der Waals surface area contributed by atoms with Gasteiger partial charge in [0, 0.05) is 30.3 Å².